The van der Waals surface area contributed by atoms with Crippen molar-refractivity contribution in [2.24, 2.45) is 0 Å². The maximum atomic E-state index is 12.5. The molecule has 0 N–H and O–H groups in total. The first kappa shape index (κ1) is 8.49. The molecule has 0 saturated heterocycles. The van der Waals surface area contributed by atoms with E-state index in [2.05, 4.69) is 37.3 Å². The smallest absolute Gasteiger partial charge is 0.108 e. The van der Waals surface area contributed by atoms with Gasteiger partial charge in [-0.15, -0.1) is 0 Å². The molecule has 1 saturated carbocycles. The Labute approximate surface area is 78.1 Å². The first-order chi connectivity index (χ1) is 6.24. The number of alkyl halides is 1. The largest absolute Gasteiger partial charge is 0.247 e. The van der Waals surface area contributed by atoms with Crippen LogP contribution >= 0.6 is 0 Å². The van der Waals surface area contributed by atoms with Crippen LogP contribution in [0, 0.1) is 6.92 Å². The molecule has 0 spiro atoms. The molecule has 2 rings (SSSR count). The predicted molar refractivity (Wildman–Crippen MR) is 53.3 cm³/mol. The van der Waals surface area contributed by atoms with E-state index in [4.69, 9.17) is 0 Å². The van der Waals surface area contributed by atoms with Crippen LogP contribution in [-0.2, 0) is 0 Å². The van der Waals surface area contributed by atoms with Crippen molar-refractivity contribution in [1.29, 1.82) is 0 Å². The molecule has 0 unspecified atom stereocenters. The lowest BCUT2D eigenvalue weighted by atomic mass is 9.88. The van der Waals surface area contributed by atoms with Crippen molar-refractivity contribution in [3.8, 4) is 0 Å². The SMILES string of the molecule is Cc1ccc(C=C2CC(F)C2)cc1. The van der Waals surface area contributed by atoms with Crippen molar-refractivity contribution in [2.45, 2.75) is 25.9 Å². The third-order valence-corrected chi connectivity index (χ3v) is 2.42. The third kappa shape index (κ3) is 1.97. The highest BCUT2D eigenvalue weighted by molar-refractivity contribution is 5.55. The molecule has 0 aromatic heterocycles. The average Bonchev–Trinajstić information content (AvgIpc) is 2.06. The second-order valence-electron chi connectivity index (χ2n) is 3.72. The summed E-state index contributed by atoms with van der Waals surface area (Å²) in [7, 11) is 0. The summed E-state index contributed by atoms with van der Waals surface area (Å²) >= 11 is 0. The summed E-state index contributed by atoms with van der Waals surface area (Å²) < 4.78 is 12.5. The number of rotatable bonds is 1. The van der Waals surface area contributed by atoms with Gasteiger partial charge >= 0.3 is 0 Å². The van der Waals surface area contributed by atoms with Crippen LogP contribution in [0.2, 0.25) is 0 Å². The maximum Gasteiger partial charge on any atom is 0.108 e. The standard InChI is InChI=1S/C12H13F/c1-9-2-4-10(5-3-9)6-11-7-12(13)8-11/h2-6,12H,7-8H2,1H3. The van der Waals surface area contributed by atoms with Crippen molar-refractivity contribution < 1.29 is 4.39 Å². The normalized spacial score (nSPS) is 21.1. The zero-order valence-electron chi connectivity index (χ0n) is 7.76. The van der Waals surface area contributed by atoms with Gasteiger partial charge in [-0.05, 0) is 12.5 Å². The molecule has 68 valence electrons. The number of allylic oxidation sites excluding steroid dienone is 1. The lowest BCUT2D eigenvalue weighted by molar-refractivity contribution is 0.274. The lowest BCUT2D eigenvalue weighted by Crippen LogP contribution is -2.14. The predicted octanol–water partition coefficient (Wildman–Crippen LogP) is 3.51. The maximum absolute atomic E-state index is 12.5. The summed E-state index contributed by atoms with van der Waals surface area (Å²) in [4.78, 5) is 0. The van der Waals surface area contributed by atoms with E-state index in [0.29, 0.717) is 12.8 Å². The van der Waals surface area contributed by atoms with Crippen LogP contribution in [0.1, 0.15) is 24.0 Å². The second-order valence-corrected chi connectivity index (χ2v) is 3.72. The highest BCUT2D eigenvalue weighted by Crippen LogP contribution is 2.30. The Balaban J connectivity index is 2.10. The molecule has 1 aliphatic carbocycles. The van der Waals surface area contributed by atoms with E-state index in [1.165, 1.54) is 16.7 Å². The minimum atomic E-state index is -0.586. The Bertz CT molecular complexity index is 313. The van der Waals surface area contributed by atoms with Gasteiger partial charge < -0.3 is 0 Å². The molecule has 1 aromatic carbocycles. The molecule has 0 heterocycles. The Hall–Kier alpha value is -1.11. The molecule has 0 nitrogen and oxygen atoms in total. The number of aryl methyl sites for hydroxylation is 1. The van der Waals surface area contributed by atoms with Gasteiger partial charge in [0, 0.05) is 12.8 Å². The average molecular weight is 176 g/mol. The molecule has 1 aliphatic rings. The summed E-state index contributed by atoms with van der Waals surface area (Å²) in [6.45, 7) is 2.07. The first-order valence-electron chi connectivity index (χ1n) is 4.64. The molecule has 0 atom stereocenters. The summed E-state index contributed by atoms with van der Waals surface area (Å²) in [5.41, 5.74) is 3.68. The molecule has 0 aliphatic heterocycles. The quantitative estimate of drug-likeness (QED) is 0.614. The van der Waals surface area contributed by atoms with Crippen LogP contribution in [0.5, 0.6) is 0 Å². The highest BCUT2D eigenvalue weighted by Gasteiger charge is 2.21. The zero-order valence-corrected chi connectivity index (χ0v) is 7.76. The molecule has 0 amide bonds. The van der Waals surface area contributed by atoms with Crippen molar-refractivity contribution in [2.75, 3.05) is 0 Å². The van der Waals surface area contributed by atoms with Crippen molar-refractivity contribution in [3.63, 3.8) is 0 Å². The van der Waals surface area contributed by atoms with E-state index in [1.54, 1.807) is 0 Å². The number of benzene rings is 1. The fourth-order valence-corrected chi connectivity index (χ4v) is 1.53. The zero-order chi connectivity index (χ0) is 9.26. The minimum Gasteiger partial charge on any atom is -0.247 e. The molecule has 0 radical (unpaired) electrons. The summed E-state index contributed by atoms with van der Waals surface area (Å²) in [5, 5.41) is 0. The molecule has 1 fully saturated rings. The van der Waals surface area contributed by atoms with Gasteiger partial charge in [-0.25, -0.2) is 4.39 Å². The van der Waals surface area contributed by atoms with E-state index in [9.17, 15) is 4.39 Å². The topological polar surface area (TPSA) is 0 Å². The van der Waals surface area contributed by atoms with Crippen molar-refractivity contribution in [1.82, 2.24) is 0 Å². The molecule has 13 heavy (non-hydrogen) atoms. The van der Waals surface area contributed by atoms with E-state index >= 15 is 0 Å². The number of hydrogen-bond donors (Lipinski definition) is 0. The Kier molecular flexibility index (Phi) is 2.17. The molecular formula is C12H13F. The molecule has 1 heteroatoms. The first-order valence-corrected chi connectivity index (χ1v) is 4.64. The summed E-state index contributed by atoms with van der Waals surface area (Å²) in [6.07, 6.45) is 2.77. The minimum absolute atomic E-state index is 0.586. The highest BCUT2D eigenvalue weighted by atomic mass is 19.1. The molecular weight excluding hydrogens is 163 g/mol. The Morgan fingerprint density at radius 3 is 2.38 bits per heavy atom. The van der Waals surface area contributed by atoms with Gasteiger partial charge in [0.2, 0.25) is 0 Å². The van der Waals surface area contributed by atoms with Crippen LogP contribution < -0.4 is 0 Å². The Morgan fingerprint density at radius 1 is 1.23 bits per heavy atom. The fourth-order valence-electron chi connectivity index (χ4n) is 1.53. The van der Waals surface area contributed by atoms with Gasteiger partial charge in [-0.3, -0.25) is 0 Å². The number of halogens is 1. The van der Waals surface area contributed by atoms with Gasteiger partial charge in [0.1, 0.15) is 6.17 Å². The fraction of sp³-hybridized carbons (Fsp3) is 0.333. The Morgan fingerprint density at radius 2 is 1.85 bits per heavy atom. The molecule has 1 aromatic rings. The van der Waals surface area contributed by atoms with Crippen LogP contribution in [0.15, 0.2) is 29.8 Å². The van der Waals surface area contributed by atoms with Gasteiger partial charge in [0.25, 0.3) is 0 Å². The van der Waals surface area contributed by atoms with Gasteiger partial charge in [-0.2, -0.15) is 0 Å². The third-order valence-electron chi connectivity index (χ3n) is 2.42. The monoisotopic (exact) mass is 176 g/mol. The summed E-state index contributed by atoms with van der Waals surface area (Å²) in [5.74, 6) is 0. The number of hydrogen-bond acceptors (Lipinski definition) is 0. The second kappa shape index (κ2) is 3.33. The van der Waals surface area contributed by atoms with Crippen molar-refractivity contribution in [3.05, 3.63) is 41.0 Å². The molecule has 0 bridgehead atoms. The van der Waals surface area contributed by atoms with Crippen molar-refractivity contribution >= 4 is 6.08 Å². The van der Waals surface area contributed by atoms with Crippen LogP contribution in [0.4, 0.5) is 4.39 Å². The van der Waals surface area contributed by atoms with E-state index in [1.807, 2.05) is 0 Å². The van der Waals surface area contributed by atoms with E-state index < -0.39 is 6.17 Å². The van der Waals surface area contributed by atoms with Gasteiger partial charge in [0.05, 0.1) is 0 Å². The van der Waals surface area contributed by atoms with Crippen LogP contribution in [0.25, 0.3) is 6.08 Å². The van der Waals surface area contributed by atoms with Crippen LogP contribution in [-0.4, -0.2) is 6.17 Å². The van der Waals surface area contributed by atoms with E-state index in [-0.39, 0.29) is 0 Å². The van der Waals surface area contributed by atoms with Gasteiger partial charge in [0.15, 0.2) is 0 Å². The van der Waals surface area contributed by atoms with E-state index in [0.717, 1.165) is 0 Å². The van der Waals surface area contributed by atoms with Crippen LogP contribution in [0.3, 0.4) is 0 Å². The summed E-state index contributed by atoms with van der Waals surface area (Å²) in [6, 6.07) is 8.32. The lowest BCUT2D eigenvalue weighted by Gasteiger charge is -2.21. The van der Waals surface area contributed by atoms with Gasteiger partial charge in [-0.1, -0.05) is 41.5 Å².